The lowest BCUT2D eigenvalue weighted by molar-refractivity contribution is -0.140. The highest BCUT2D eigenvalue weighted by atomic mass is 16.5. The number of rotatable bonds is 10. The van der Waals surface area contributed by atoms with Crippen molar-refractivity contribution in [3.8, 4) is 5.75 Å². The van der Waals surface area contributed by atoms with Gasteiger partial charge in [-0.3, -0.25) is 9.59 Å². The SMILES string of the molecule is CCN(CC)CCN1C(=O)C(=O)/C(=C(\O)c2ccc(OCc3ccccc3)c(C)c2)C1c1ccc(C)o1. The lowest BCUT2D eigenvalue weighted by Crippen LogP contribution is -2.37. The molecule has 1 aromatic heterocycles. The van der Waals surface area contributed by atoms with Crippen LogP contribution in [0.25, 0.3) is 5.76 Å². The average Bonchev–Trinajstić information content (AvgIpc) is 3.44. The van der Waals surface area contributed by atoms with Crippen molar-refractivity contribution in [2.24, 2.45) is 0 Å². The zero-order valence-corrected chi connectivity index (χ0v) is 21.9. The second-order valence-electron chi connectivity index (χ2n) is 9.22. The molecule has 194 valence electrons. The maximum absolute atomic E-state index is 13.2. The minimum absolute atomic E-state index is 0.0382. The third kappa shape index (κ3) is 5.62. The van der Waals surface area contributed by atoms with E-state index in [1.807, 2.05) is 44.2 Å². The predicted molar refractivity (Wildman–Crippen MR) is 142 cm³/mol. The lowest BCUT2D eigenvalue weighted by atomic mass is 9.98. The first kappa shape index (κ1) is 26.2. The number of aryl methyl sites for hydroxylation is 2. The number of aliphatic hydroxyl groups excluding tert-OH is 1. The first-order chi connectivity index (χ1) is 17.8. The average molecular weight is 503 g/mol. The summed E-state index contributed by atoms with van der Waals surface area (Å²) in [5, 5.41) is 11.3. The smallest absolute Gasteiger partial charge is 0.295 e. The molecule has 1 fully saturated rings. The third-order valence-electron chi connectivity index (χ3n) is 6.81. The van der Waals surface area contributed by atoms with Gasteiger partial charge in [0.05, 0.1) is 5.57 Å². The fraction of sp³-hybridized carbons (Fsp3) is 0.333. The van der Waals surface area contributed by atoms with Crippen molar-refractivity contribution in [3.05, 3.63) is 94.4 Å². The van der Waals surface area contributed by atoms with E-state index in [1.165, 1.54) is 4.90 Å². The van der Waals surface area contributed by atoms with E-state index >= 15 is 0 Å². The van der Waals surface area contributed by atoms with Gasteiger partial charge in [-0.15, -0.1) is 0 Å². The van der Waals surface area contributed by atoms with E-state index in [2.05, 4.69) is 18.7 Å². The van der Waals surface area contributed by atoms with Crippen LogP contribution < -0.4 is 4.74 Å². The van der Waals surface area contributed by atoms with Crippen molar-refractivity contribution >= 4 is 17.4 Å². The van der Waals surface area contributed by atoms with Crippen LogP contribution in [0.3, 0.4) is 0 Å². The Morgan fingerprint density at radius 1 is 1.03 bits per heavy atom. The predicted octanol–water partition coefficient (Wildman–Crippen LogP) is 5.24. The maximum Gasteiger partial charge on any atom is 0.295 e. The van der Waals surface area contributed by atoms with Crippen molar-refractivity contribution in [1.29, 1.82) is 0 Å². The van der Waals surface area contributed by atoms with Gasteiger partial charge in [-0.05, 0) is 68.4 Å². The van der Waals surface area contributed by atoms with E-state index in [1.54, 1.807) is 30.3 Å². The van der Waals surface area contributed by atoms with E-state index < -0.39 is 17.7 Å². The Kier molecular flexibility index (Phi) is 8.14. The van der Waals surface area contributed by atoms with Crippen LogP contribution in [-0.4, -0.2) is 52.8 Å². The molecule has 7 heteroatoms. The molecule has 0 spiro atoms. The molecule has 0 saturated carbocycles. The molecule has 7 nitrogen and oxygen atoms in total. The minimum atomic E-state index is -0.793. The topological polar surface area (TPSA) is 83.2 Å². The van der Waals surface area contributed by atoms with Crippen LogP contribution in [0.1, 0.15) is 48.1 Å². The summed E-state index contributed by atoms with van der Waals surface area (Å²) in [5.41, 5.74) is 2.34. The number of nitrogens with zero attached hydrogens (tertiary/aromatic N) is 2. The van der Waals surface area contributed by atoms with Gasteiger partial charge in [-0.2, -0.15) is 0 Å². The number of carbonyl (C=O) groups excluding carboxylic acids is 2. The fourth-order valence-electron chi connectivity index (χ4n) is 4.65. The van der Waals surface area contributed by atoms with E-state index in [4.69, 9.17) is 9.15 Å². The summed E-state index contributed by atoms with van der Waals surface area (Å²) in [4.78, 5) is 30.0. The number of hydrogen-bond donors (Lipinski definition) is 1. The number of ketones is 1. The number of aliphatic hydroxyl groups is 1. The quantitative estimate of drug-likeness (QED) is 0.232. The van der Waals surface area contributed by atoms with E-state index in [0.717, 1.165) is 24.2 Å². The Morgan fingerprint density at radius 3 is 2.38 bits per heavy atom. The monoisotopic (exact) mass is 502 g/mol. The molecule has 1 aliphatic rings. The van der Waals surface area contributed by atoms with Crippen LogP contribution in [0.5, 0.6) is 5.75 Å². The molecule has 1 aliphatic heterocycles. The molecule has 1 atom stereocenters. The summed E-state index contributed by atoms with van der Waals surface area (Å²) >= 11 is 0. The summed E-state index contributed by atoms with van der Waals surface area (Å²) in [6, 6.07) is 17.9. The highest BCUT2D eigenvalue weighted by molar-refractivity contribution is 6.46. The van der Waals surface area contributed by atoms with E-state index in [-0.39, 0.29) is 11.3 Å². The number of carbonyl (C=O) groups is 2. The van der Waals surface area contributed by atoms with Crippen LogP contribution in [0.2, 0.25) is 0 Å². The van der Waals surface area contributed by atoms with Crippen LogP contribution >= 0.6 is 0 Å². The van der Waals surface area contributed by atoms with Crippen molar-refractivity contribution in [2.45, 2.75) is 40.3 Å². The van der Waals surface area contributed by atoms with Crippen LogP contribution in [0.15, 0.2) is 70.7 Å². The van der Waals surface area contributed by atoms with Gasteiger partial charge >= 0.3 is 0 Å². The highest BCUT2D eigenvalue weighted by Gasteiger charge is 2.47. The van der Waals surface area contributed by atoms with Crippen molar-refractivity contribution in [2.75, 3.05) is 26.2 Å². The Morgan fingerprint density at radius 2 is 1.76 bits per heavy atom. The molecule has 3 aromatic rings. The largest absolute Gasteiger partial charge is 0.507 e. The molecule has 1 amide bonds. The molecule has 0 radical (unpaired) electrons. The summed E-state index contributed by atoms with van der Waals surface area (Å²) in [6.07, 6.45) is 0. The number of likely N-dealkylation sites (N-methyl/N-ethyl adjacent to an activating group) is 1. The summed E-state index contributed by atoms with van der Waals surface area (Å²) < 4.78 is 11.8. The fourth-order valence-corrected chi connectivity index (χ4v) is 4.65. The zero-order valence-electron chi connectivity index (χ0n) is 21.9. The van der Waals surface area contributed by atoms with Crippen molar-refractivity contribution in [1.82, 2.24) is 9.80 Å². The van der Waals surface area contributed by atoms with Crippen LogP contribution in [-0.2, 0) is 16.2 Å². The van der Waals surface area contributed by atoms with E-state index in [0.29, 0.717) is 42.5 Å². The number of hydrogen-bond acceptors (Lipinski definition) is 6. The molecule has 0 bridgehead atoms. The normalized spacial score (nSPS) is 17.1. The molecule has 0 aliphatic carbocycles. The lowest BCUT2D eigenvalue weighted by Gasteiger charge is -2.26. The van der Waals surface area contributed by atoms with Gasteiger partial charge in [0.25, 0.3) is 11.7 Å². The second kappa shape index (κ2) is 11.5. The zero-order chi connectivity index (χ0) is 26.5. The van der Waals surface area contributed by atoms with Crippen molar-refractivity contribution in [3.63, 3.8) is 0 Å². The molecule has 1 saturated heterocycles. The Labute approximate surface area is 218 Å². The Bertz CT molecular complexity index is 1290. The van der Waals surface area contributed by atoms with Gasteiger partial charge in [0, 0.05) is 18.7 Å². The first-order valence-electron chi connectivity index (χ1n) is 12.7. The number of likely N-dealkylation sites (tertiary alicyclic amines) is 1. The minimum Gasteiger partial charge on any atom is -0.507 e. The van der Waals surface area contributed by atoms with Crippen molar-refractivity contribution < 1.29 is 23.8 Å². The molecule has 1 N–H and O–H groups in total. The molecule has 1 unspecified atom stereocenters. The molecule has 2 heterocycles. The van der Waals surface area contributed by atoms with Gasteiger partial charge in [-0.25, -0.2) is 0 Å². The van der Waals surface area contributed by atoms with Crippen LogP contribution in [0, 0.1) is 13.8 Å². The summed E-state index contributed by atoms with van der Waals surface area (Å²) in [5.74, 6) is 0.238. The Hall–Kier alpha value is -3.84. The van der Waals surface area contributed by atoms with Gasteiger partial charge in [0.15, 0.2) is 0 Å². The molecular weight excluding hydrogens is 468 g/mol. The Balaban J connectivity index is 1.66. The number of ether oxygens (including phenoxy) is 1. The molecule has 37 heavy (non-hydrogen) atoms. The van der Waals surface area contributed by atoms with Gasteiger partial charge in [0.1, 0.15) is 35.7 Å². The number of amides is 1. The van der Waals surface area contributed by atoms with Gasteiger partial charge in [0.2, 0.25) is 0 Å². The van der Waals surface area contributed by atoms with Crippen LogP contribution in [0.4, 0.5) is 0 Å². The van der Waals surface area contributed by atoms with E-state index in [9.17, 15) is 14.7 Å². The maximum atomic E-state index is 13.2. The number of benzene rings is 2. The second-order valence-corrected chi connectivity index (χ2v) is 9.22. The number of furan rings is 1. The van der Waals surface area contributed by atoms with Gasteiger partial charge in [-0.1, -0.05) is 44.2 Å². The summed E-state index contributed by atoms with van der Waals surface area (Å²) in [6.45, 7) is 10.9. The molecule has 2 aromatic carbocycles. The standard InChI is InChI=1S/C30H34N2O5/c1-5-31(6-2)16-17-32-27(25-14-12-21(4)37-25)26(29(34)30(32)35)28(33)23-13-15-24(20(3)18-23)36-19-22-10-8-7-9-11-22/h7-15,18,27,33H,5-6,16-17,19H2,1-4H3/b28-26-. The summed E-state index contributed by atoms with van der Waals surface area (Å²) in [7, 11) is 0. The highest BCUT2D eigenvalue weighted by Crippen LogP contribution is 2.40. The third-order valence-corrected chi connectivity index (χ3v) is 6.81. The first-order valence-corrected chi connectivity index (χ1v) is 12.7. The molecular formula is C30H34N2O5. The molecule has 4 rings (SSSR count). The van der Waals surface area contributed by atoms with Gasteiger partial charge < -0.3 is 24.1 Å². The number of Topliss-reactive ketones (excluding diaryl/α,β-unsaturated/α-hetero) is 1.